The van der Waals surface area contributed by atoms with Crippen molar-refractivity contribution in [3.63, 3.8) is 0 Å². The molecule has 1 unspecified atom stereocenters. The first-order chi connectivity index (χ1) is 12.8. The van der Waals surface area contributed by atoms with Gasteiger partial charge < -0.3 is 4.90 Å². The van der Waals surface area contributed by atoms with Gasteiger partial charge in [-0.2, -0.15) is 0 Å². The fourth-order valence-corrected chi connectivity index (χ4v) is 3.83. The van der Waals surface area contributed by atoms with Gasteiger partial charge in [0, 0.05) is 18.4 Å². The molecule has 1 heteroatoms. The van der Waals surface area contributed by atoms with Crippen LogP contribution in [0.1, 0.15) is 30.7 Å². The van der Waals surface area contributed by atoms with Crippen LogP contribution in [0, 0.1) is 0 Å². The zero-order valence-electron chi connectivity index (χ0n) is 15.3. The number of hydrogen-bond donors (Lipinski definition) is 0. The van der Waals surface area contributed by atoms with Gasteiger partial charge in [0.15, 0.2) is 0 Å². The summed E-state index contributed by atoms with van der Waals surface area (Å²) < 4.78 is 0. The highest BCUT2D eigenvalue weighted by molar-refractivity contribution is 5.67. The van der Waals surface area contributed by atoms with Gasteiger partial charge in [-0.1, -0.05) is 78.9 Å². The molecular formula is C25H25N. The fraction of sp³-hybridized carbons (Fsp3) is 0.200. The Morgan fingerprint density at radius 3 is 1.96 bits per heavy atom. The molecule has 0 radical (unpaired) electrons. The third-order valence-corrected chi connectivity index (χ3v) is 5.45. The van der Waals surface area contributed by atoms with Crippen molar-refractivity contribution in [1.29, 1.82) is 0 Å². The van der Waals surface area contributed by atoms with Crippen LogP contribution in [0.3, 0.4) is 0 Å². The average molecular weight is 339 g/mol. The van der Waals surface area contributed by atoms with Crippen LogP contribution < -0.4 is 4.90 Å². The van der Waals surface area contributed by atoms with Gasteiger partial charge in [0.2, 0.25) is 0 Å². The molecule has 3 aromatic carbocycles. The Morgan fingerprint density at radius 1 is 0.731 bits per heavy atom. The molecule has 1 aliphatic carbocycles. The highest BCUT2D eigenvalue weighted by atomic mass is 15.1. The Bertz CT molecular complexity index is 863. The second kappa shape index (κ2) is 7.61. The summed E-state index contributed by atoms with van der Waals surface area (Å²) in [5.41, 5.74) is 6.70. The van der Waals surface area contributed by atoms with E-state index in [1.165, 1.54) is 34.5 Å². The zero-order chi connectivity index (χ0) is 17.8. The van der Waals surface area contributed by atoms with Crippen molar-refractivity contribution < 1.29 is 0 Å². The fourth-order valence-electron chi connectivity index (χ4n) is 3.83. The molecule has 0 bridgehead atoms. The Kier molecular flexibility index (Phi) is 4.88. The van der Waals surface area contributed by atoms with Gasteiger partial charge in [0.25, 0.3) is 0 Å². The monoisotopic (exact) mass is 339 g/mol. The highest BCUT2D eigenvalue weighted by Crippen LogP contribution is 2.34. The largest absolute Gasteiger partial charge is 0.349 e. The van der Waals surface area contributed by atoms with E-state index in [9.17, 15) is 0 Å². The van der Waals surface area contributed by atoms with E-state index in [1.54, 1.807) is 0 Å². The number of hydrogen-bond acceptors (Lipinski definition) is 1. The van der Waals surface area contributed by atoms with E-state index in [2.05, 4.69) is 103 Å². The lowest BCUT2D eigenvalue weighted by molar-refractivity contribution is 0.591. The molecule has 0 aliphatic heterocycles. The van der Waals surface area contributed by atoms with Gasteiger partial charge in [-0.05, 0) is 54.0 Å². The maximum atomic E-state index is 2.42. The maximum absolute atomic E-state index is 2.42. The molecule has 1 nitrogen and oxygen atoms in total. The van der Waals surface area contributed by atoms with Crippen molar-refractivity contribution in [2.75, 3.05) is 11.9 Å². The number of anilines is 1. The number of benzene rings is 3. The summed E-state index contributed by atoms with van der Waals surface area (Å²) in [4.78, 5) is 2.34. The van der Waals surface area contributed by atoms with Crippen LogP contribution in [0.15, 0.2) is 96.7 Å². The molecule has 0 heterocycles. The molecule has 1 atom stereocenters. The minimum atomic E-state index is 0.661. The number of rotatable bonds is 4. The van der Waals surface area contributed by atoms with Crippen LogP contribution in [0.25, 0.3) is 11.1 Å². The molecule has 0 N–H and O–H groups in total. The molecule has 0 saturated heterocycles. The summed E-state index contributed by atoms with van der Waals surface area (Å²) in [6.45, 7) is 0. The van der Waals surface area contributed by atoms with Gasteiger partial charge in [-0.3, -0.25) is 0 Å². The maximum Gasteiger partial charge on any atom is 0.0405 e. The average Bonchev–Trinajstić information content (AvgIpc) is 2.75. The topological polar surface area (TPSA) is 3.24 Å². The van der Waals surface area contributed by atoms with Crippen LogP contribution in [0.2, 0.25) is 0 Å². The molecule has 0 amide bonds. The summed E-state index contributed by atoms with van der Waals surface area (Å²) in [6, 6.07) is 30.4. The number of nitrogens with zero attached hydrogens (tertiary/aromatic N) is 1. The first-order valence-electron chi connectivity index (χ1n) is 9.44. The second-order valence-electron chi connectivity index (χ2n) is 7.05. The molecule has 0 saturated carbocycles. The van der Waals surface area contributed by atoms with Crippen molar-refractivity contribution in [3.8, 4) is 11.1 Å². The quantitative estimate of drug-likeness (QED) is 0.515. The van der Waals surface area contributed by atoms with E-state index in [0.717, 1.165) is 12.8 Å². The van der Waals surface area contributed by atoms with E-state index in [-0.39, 0.29) is 0 Å². The minimum absolute atomic E-state index is 0.661. The molecular weight excluding hydrogens is 314 g/mol. The van der Waals surface area contributed by atoms with Gasteiger partial charge in [0.1, 0.15) is 0 Å². The predicted octanol–water partition coefficient (Wildman–Crippen LogP) is 6.64. The lowest BCUT2D eigenvalue weighted by Crippen LogP contribution is -2.19. The van der Waals surface area contributed by atoms with Crippen LogP contribution in [0.4, 0.5) is 5.69 Å². The van der Waals surface area contributed by atoms with Crippen molar-refractivity contribution in [2.45, 2.75) is 25.2 Å². The van der Waals surface area contributed by atoms with Crippen molar-refractivity contribution in [2.24, 2.45) is 0 Å². The molecule has 130 valence electrons. The first-order valence-corrected chi connectivity index (χ1v) is 9.44. The molecule has 0 spiro atoms. The highest BCUT2D eigenvalue weighted by Gasteiger charge is 2.18. The first kappa shape index (κ1) is 16.7. The van der Waals surface area contributed by atoms with Gasteiger partial charge in [-0.25, -0.2) is 0 Å². The van der Waals surface area contributed by atoms with Crippen LogP contribution in [0.5, 0.6) is 0 Å². The second-order valence-corrected chi connectivity index (χ2v) is 7.05. The number of allylic oxidation sites excluding steroid dienone is 2. The standard InChI is InChI=1S/C25H25N/c1-26(24-16-12-22(13-17-24)20-8-4-2-5-9-20)25-18-14-23(15-19-25)21-10-6-3-7-11-21/h2-13,16-18,23H,14-15,19H2,1H3. The smallest absolute Gasteiger partial charge is 0.0405 e. The van der Waals surface area contributed by atoms with E-state index >= 15 is 0 Å². The normalized spacial score (nSPS) is 16.8. The van der Waals surface area contributed by atoms with E-state index < -0.39 is 0 Å². The van der Waals surface area contributed by atoms with Crippen LogP contribution in [-0.4, -0.2) is 7.05 Å². The summed E-state index contributed by atoms with van der Waals surface area (Å²) in [5.74, 6) is 0.661. The Hall–Kier alpha value is -2.80. The van der Waals surface area contributed by atoms with E-state index in [0.29, 0.717) is 5.92 Å². The summed E-state index contributed by atoms with van der Waals surface area (Å²) in [6.07, 6.45) is 5.91. The molecule has 3 aromatic rings. The Labute approximate surface area is 156 Å². The SMILES string of the molecule is CN(C1=CCC(c2ccccc2)CC1)c1ccc(-c2ccccc2)cc1. The molecule has 0 fully saturated rings. The Morgan fingerprint density at radius 2 is 1.35 bits per heavy atom. The van der Waals surface area contributed by atoms with Crippen LogP contribution >= 0.6 is 0 Å². The van der Waals surface area contributed by atoms with Gasteiger partial charge in [-0.15, -0.1) is 0 Å². The van der Waals surface area contributed by atoms with Gasteiger partial charge >= 0.3 is 0 Å². The molecule has 1 aliphatic rings. The predicted molar refractivity (Wildman–Crippen MR) is 111 cm³/mol. The van der Waals surface area contributed by atoms with Gasteiger partial charge in [0.05, 0.1) is 0 Å². The minimum Gasteiger partial charge on any atom is -0.349 e. The summed E-state index contributed by atoms with van der Waals surface area (Å²) >= 11 is 0. The summed E-state index contributed by atoms with van der Waals surface area (Å²) in [7, 11) is 2.19. The zero-order valence-corrected chi connectivity index (χ0v) is 15.3. The van der Waals surface area contributed by atoms with E-state index in [4.69, 9.17) is 0 Å². The Balaban J connectivity index is 1.46. The lowest BCUT2D eigenvalue weighted by atomic mass is 9.86. The third-order valence-electron chi connectivity index (χ3n) is 5.45. The molecule has 26 heavy (non-hydrogen) atoms. The van der Waals surface area contributed by atoms with Crippen LogP contribution in [-0.2, 0) is 0 Å². The molecule has 0 aromatic heterocycles. The summed E-state index contributed by atoms with van der Waals surface area (Å²) in [5, 5.41) is 0. The molecule has 4 rings (SSSR count). The van der Waals surface area contributed by atoms with Crippen molar-refractivity contribution >= 4 is 5.69 Å². The lowest BCUT2D eigenvalue weighted by Gasteiger charge is -2.29. The third kappa shape index (κ3) is 3.57. The van der Waals surface area contributed by atoms with Crippen molar-refractivity contribution in [3.05, 3.63) is 102 Å². The van der Waals surface area contributed by atoms with E-state index in [1.807, 2.05) is 0 Å². The van der Waals surface area contributed by atoms with Crippen molar-refractivity contribution in [1.82, 2.24) is 0 Å².